The second-order valence-corrected chi connectivity index (χ2v) is 7.37. The van der Waals surface area contributed by atoms with Gasteiger partial charge in [-0.1, -0.05) is 13.8 Å². The van der Waals surface area contributed by atoms with Crippen molar-refractivity contribution in [3.8, 4) is 0 Å². The highest BCUT2D eigenvalue weighted by Crippen LogP contribution is 2.37. The number of ether oxygens (including phenoxy) is 1. The summed E-state index contributed by atoms with van der Waals surface area (Å²) in [7, 11) is 0. The number of carbonyl (C=O) groups is 1. The summed E-state index contributed by atoms with van der Waals surface area (Å²) >= 11 is 0. The molecule has 6 heteroatoms. The van der Waals surface area contributed by atoms with Crippen molar-refractivity contribution >= 4 is 16.9 Å². The van der Waals surface area contributed by atoms with E-state index >= 15 is 0 Å². The highest BCUT2D eigenvalue weighted by atomic mass is 19.2. The SMILES string of the molecule is Cc1c(F)c(F)cc2c1c(=O)c(C(=O)OCCCC(C)C)cn2C1CC1. The second kappa shape index (κ2) is 7.17. The molecule has 1 aromatic carbocycles. The number of pyridine rings is 1. The van der Waals surface area contributed by atoms with Gasteiger partial charge in [0.15, 0.2) is 11.6 Å². The zero-order valence-corrected chi connectivity index (χ0v) is 15.3. The average Bonchev–Trinajstić information content (AvgIpc) is 3.41. The van der Waals surface area contributed by atoms with E-state index in [1.165, 1.54) is 13.1 Å². The molecule has 1 aliphatic carbocycles. The molecule has 0 radical (unpaired) electrons. The predicted octanol–water partition coefficient (Wildman–Crippen LogP) is 4.52. The van der Waals surface area contributed by atoms with Crippen molar-refractivity contribution in [3.63, 3.8) is 0 Å². The van der Waals surface area contributed by atoms with Crippen molar-refractivity contribution < 1.29 is 18.3 Å². The Morgan fingerprint density at radius 1 is 1.35 bits per heavy atom. The van der Waals surface area contributed by atoms with E-state index < -0.39 is 23.0 Å². The van der Waals surface area contributed by atoms with Gasteiger partial charge in [-0.05, 0) is 38.5 Å². The van der Waals surface area contributed by atoms with Crippen LogP contribution < -0.4 is 5.43 Å². The van der Waals surface area contributed by atoms with Gasteiger partial charge in [0.25, 0.3) is 0 Å². The van der Waals surface area contributed by atoms with Gasteiger partial charge in [-0.15, -0.1) is 0 Å². The summed E-state index contributed by atoms with van der Waals surface area (Å²) in [4.78, 5) is 25.2. The molecule has 2 aromatic rings. The third-order valence-electron chi connectivity index (χ3n) is 4.77. The fraction of sp³-hybridized carbons (Fsp3) is 0.500. The van der Waals surface area contributed by atoms with Gasteiger partial charge in [0.05, 0.1) is 17.5 Å². The van der Waals surface area contributed by atoms with Crippen molar-refractivity contribution in [2.75, 3.05) is 6.61 Å². The largest absolute Gasteiger partial charge is 0.462 e. The molecule has 1 saturated carbocycles. The van der Waals surface area contributed by atoms with Crippen molar-refractivity contribution in [2.24, 2.45) is 5.92 Å². The highest BCUT2D eigenvalue weighted by molar-refractivity contribution is 5.94. The fourth-order valence-corrected chi connectivity index (χ4v) is 3.16. The zero-order chi connectivity index (χ0) is 19.0. The van der Waals surface area contributed by atoms with Gasteiger partial charge < -0.3 is 9.30 Å². The molecule has 1 fully saturated rings. The Kier molecular flexibility index (Phi) is 5.12. The number of hydrogen-bond donors (Lipinski definition) is 0. The number of nitrogens with zero attached hydrogens (tertiary/aromatic N) is 1. The first kappa shape index (κ1) is 18.5. The molecule has 3 rings (SSSR count). The standard InChI is InChI=1S/C20H23F2NO3/c1-11(2)5-4-8-26-20(25)14-10-23(13-6-7-13)16-9-15(21)18(22)12(3)17(16)19(14)24/h9-11,13H,4-8H2,1-3H3. The molecule has 0 saturated heterocycles. The van der Waals surface area contributed by atoms with E-state index in [1.807, 2.05) is 0 Å². The third kappa shape index (κ3) is 3.50. The lowest BCUT2D eigenvalue weighted by Gasteiger charge is -2.15. The van der Waals surface area contributed by atoms with Crippen molar-refractivity contribution in [1.82, 2.24) is 4.57 Å². The highest BCUT2D eigenvalue weighted by Gasteiger charge is 2.29. The minimum atomic E-state index is -1.06. The first-order valence-corrected chi connectivity index (χ1v) is 9.01. The second-order valence-electron chi connectivity index (χ2n) is 7.37. The molecule has 26 heavy (non-hydrogen) atoms. The summed E-state index contributed by atoms with van der Waals surface area (Å²) < 4.78 is 34.8. The van der Waals surface area contributed by atoms with Gasteiger partial charge in [-0.3, -0.25) is 4.79 Å². The van der Waals surface area contributed by atoms with E-state index in [1.54, 1.807) is 4.57 Å². The van der Waals surface area contributed by atoms with Crippen LogP contribution in [0.1, 0.15) is 61.5 Å². The van der Waals surface area contributed by atoms with Crippen LogP contribution in [0.3, 0.4) is 0 Å². The van der Waals surface area contributed by atoms with Crippen LogP contribution >= 0.6 is 0 Å². The van der Waals surface area contributed by atoms with Crippen LogP contribution in [0.4, 0.5) is 8.78 Å². The number of fused-ring (bicyclic) bond motifs is 1. The van der Waals surface area contributed by atoms with Crippen LogP contribution in [0.15, 0.2) is 17.1 Å². The summed E-state index contributed by atoms with van der Waals surface area (Å²) in [5, 5.41) is 0.0485. The lowest BCUT2D eigenvalue weighted by Crippen LogP contribution is -2.22. The molecule has 0 amide bonds. The molecule has 4 nitrogen and oxygen atoms in total. The molecule has 0 bridgehead atoms. The molecule has 1 aliphatic rings. The molecular weight excluding hydrogens is 340 g/mol. The Labute approximate surface area is 150 Å². The molecule has 0 unspecified atom stereocenters. The number of halogens is 2. The van der Waals surface area contributed by atoms with E-state index in [2.05, 4.69) is 13.8 Å². The van der Waals surface area contributed by atoms with Crippen LogP contribution in [0.5, 0.6) is 0 Å². The van der Waals surface area contributed by atoms with Crippen molar-refractivity contribution in [2.45, 2.75) is 52.5 Å². The van der Waals surface area contributed by atoms with Crippen molar-refractivity contribution in [1.29, 1.82) is 0 Å². The minimum Gasteiger partial charge on any atom is -0.462 e. The van der Waals surface area contributed by atoms with Crippen molar-refractivity contribution in [3.05, 3.63) is 45.2 Å². The lowest BCUT2D eigenvalue weighted by molar-refractivity contribution is 0.0492. The number of hydrogen-bond acceptors (Lipinski definition) is 3. The number of rotatable bonds is 6. The van der Waals surface area contributed by atoms with Gasteiger partial charge in [0, 0.05) is 23.9 Å². The van der Waals surface area contributed by atoms with E-state index in [0.29, 0.717) is 17.9 Å². The Balaban J connectivity index is 2.02. The summed E-state index contributed by atoms with van der Waals surface area (Å²) in [5.74, 6) is -2.26. The van der Waals surface area contributed by atoms with Gasteiger partial charge >= 0.3 is 5.97 Å². The number of benzene rings is 1. The molecule has 0 atom stereocenters. The van der Waals surface area contributed by atoms with Crippen LogP contribution in [-0.4, -0.2) is 17.1 Å². The fourth-order valence-electron chi connectivity index (χ4n) is 3.16. The maximum absolute atomic E-state index is 14.0. The normalized spacial score (nSPS) is 14.2. The lowest BCUT2D eigenvalue weighted by atomic mass is 10.0. The van der Waals surface area contributed by atoms with E-state index in [-0.39, 0.29) is 29.2 Å². The monoisotopic (exact) mass is 363 g/mol. The Morgan fingerprint density at radius 2 is 2.04 bits per heavy atom. The quantitative estimate of drug-likeness (QED) is 0.560. The first-order chi connectivity index (χ1) is 12.3. The predicted molar refractivity (Wildman–Crippen MR) is 95.5 cm³/mol. The average molecular weight is 363 g/mol. The smallest absolute Gasteiger partial charge is 0.343 e. The molecule has 1 aromatic heterocycles. The number of carbonyl (C=O) groups excluding carboxylic acids is 1. The van der Waals surface area contributed by atoms with Crippen LogP contribution in [0.2, 0.25) is 0 Å². The molecule has 140 valence electrons. The summed E-state index contributed by atoms with van der Waals surface area (Å²) in [6.07, 6.45) is 4.81. The topological polar surface area (TPSA) is 48.3 Å². The zero-order valence-electron chi connectivity index (χ0n) is 15.3. The summed E-state index contributed by atoms with van der Waals surface area (Å²) in [6.45, 7) is 5.75. The van der Waals surface area contributed by atoms with Gasteiger partial charge in [0.1, 0.15) is 5.56 Å². The van der Waals surface area contributed by atoms with E-state index in [0.717, 1.165) is 25.3 Å². The first-order valence-electron chi connectivity index (χ1n) is 9.01. The molecule has 0 spiro atoms. The maximum Gasteiger partial charge on any atom is 0.343 e. The van der Waals surface area contributed by atoms with E-state index in [4.69, 9.17) is 4.74 Å². The molecule has 0 aliphatic heterocycles. The molecular formula is C20H23F2NO3. The van der Waals surface area contributed by atoms with Gasteiger partial charge in [-0.2, -0.15) is 0 Å². The number of aryl methyl sites for hydroxylation is 1. The van der Waals surface area contributed by atoms with Crippen LogP contribution in [0.25, 0.3) is 10.9 Å². The Hall–Kier alpha value is -2.24. The number of esters is 1. The van der Waals surface area contributed by atoms with Crippen LogP contribution in [-0.2, 0) is 4.74 Å². The maximum atomic E-state index is 14.0. The minimum absolute atomic E-state index is 0.0485. The summed E-state index contributed by atoms with van der Waals surface area (Å²) in [6, 6.07) is 1.13. The Bertz CT molecular complexity index is 914. The third-order valence-corrected chi connectivity index (χ3v) is 4.77. The number of aromatic nitrogens is 1. The van der Waals surface area contributed by atoms with Gasteiger partial charge in [-0.25, -0.2) is 13.6 Å². The molecule has 1 heterocycles. The molecule has 0 N–H and O–H groups in total. The van der Waals surface area contributed by atoms with Gasteiger partial charge in [0.2, 0.25) is 5.43 Å². The Morgan fingerprint density at radius 3 is 2.65 bits per heavy atom. The van der Waals surface area contributed by atoms with E-state index in [9.17, 15) is 18.4 Å². The van der Waals surface area contributed by atoms with Crippen LogP contribution in [0, 0.1) is 24.5 Å². The summed E-state index contributed by atoms with van der Waals surface area (Å²) in [5.41, 5.74) is -0.482.